The van der Waals surface area contributed by atoms with Gasteiger partial charge in [0.15, 0.2) is 0 Å². The first-order chi connectivity index (χ1) is 13.7. The lowest BCUT2D eigenvalue weighted by Gasteiger charge is -2.27. The van der Waals surface area contributed by atoms with Gasteiger partial charge in [-0.1, -0.05) is 35.6 Å². The summed E-state index contributed by atoms with van der Waals surface area (Å²) in [5.74, 6) is -0.00427. The number of fused-ring (bicyclic) bond motifs is 1. The molecule has 1 aromatic heterocycles. The zero-order valence-corrected chi connectivity index (χ0v) is 16.5. The summed E-state index contributed by atoms with van der Waals surface area (Å²) in [6, 6.07) is 16.6. The van der Waals surface area contributed by atoms with E-state index < -0.39 is 5.97 Å². The summed E-state index contributed by atoms with van der Waals surface area (Å²) in [4.78, 5) is 15.5. The van der Waals surface area contributed by atoms with Crippen LogP contribution in [0.2, 0.25) is 0 Å². The molecule has 0 radical (unpaired) electrons. The fraction of sp³-hybridized carbons (Fsp3) is 0.364. The Hall–Kier alpha value is -2.44. The normalized spacial score (nSPS) is 19.6. The van der Waals surface area contributed by atoms with Gasteiger partial charge in [-0.3, -0.25) is 4.79 Å². The second-order valence-electron chi connectivity index (χ2n) is 7.28. The summed E-state index contributed by atoms with van der Waals surface area (Å²) in [7, 11) is 0. The Kier molecular flexibility index (Phi) is 5.88. The predicted molar refractivity (Wildman–Crippen MR) is 111 cm³/mol. The second-order valence-corrected chi connectivity index (χ2v) is 8.28. The van der Waals surface area contributed by atoms with Crippen molar-refractivity contribution in [3.8, 4) is 10.9 Å². The lowest BCUT2D eigenvalue weighted by molar-refractivity contribution is -0.142. The van der Waals surface area contributed by atoms with Crippen molar-refractivity contribution >= 4 is 27.5 Å². The highest BCUT2D eigenvalue weighted by Crippen LogP contribution is 2.31. The highest BCUT2D eigenvalue weighted by Gasteiger charge is 2.25. The summed E-state index contributed by atoms with van der Waals surface area (Å²) in [5, 5.41) is 13.3. The van der Waals surface area contributed by atoms with E-state index in [4.69, 9.17) is 9.84 Å². The molecular formula is C22H24N2O3S. The van der Waals surface area contributed by atoms with Crippen molar-refractivity contribution in [1.82, 2.24) is 10.3 Å². The smallest absolute Gasteiger partial charge is 0.306 e. The molecule has 5 nitrogen and oxygen atoms in total. The summed E-state index contributed by atoms with van der Waals surface area (Å²) >= 11 is 1.55. The fourth-order valence-electron chi connectivity index (χ4n) is 3.68. The van der Waals surface area contributed by atoms with E-state index in [1.54, 1.807) is 11.3 Å². The molecule has 0 aliphatic heterocycles. The first kappa shape index (κ1) is 18.9. The molecule has 0 bridgehead atoms. The molecule has 146 valence electrons. The molecule has 3 aromatic rings. The number of benzene rings is 2. The van der Waals surface area contributed by atoms with Gasteiger partial charge < -0.3 is 15.2 Å². The average Bonchev–Trinajstić information content (AvgIpc) is 3.12. The third kappa shape index (κ3) is 4.69. The summed E-state index contributed by atoms with van der Waals surface area (Å²) in [6.45, 7) is 0.903. The first-order valence-corrected chi connectivity index (χ1v) is 10.6. The van der Waals surface area contributed by atoms with Crippen LogP contribution in [-0.4, -0.2) is 28.6 Å². The number of carboxylic acid groups (broad SMARTS) is 1. The monoisotopic (exact) mass is 396 g/mol. The minimum Gasteiger partial charge on any atom is -0.481 e. The van der Waals surface area contributed by atoms with Gasteiger partial charge in [-0.25, -0.2) is 4.98 Å². The van der Waals surface area contributed by atoms with Crippen LogP contribution in [0.15, 0.2) is 48.5 Å². The lowest BCUT2D eigenvalue weighted by atomic mass is 9.86. The van der Waals surface area contributed by atoms with Gasteiger partial charge in [-0.05, 0) is 68.5 Å². The lowest BCUT2D eigenvalue weighted by Crippen LogP contribution is -2.36. The number of carboxylic acids is 1. The van der Waals surface area contributed by atoms with E-state index in [1.807, 2.05) is 36.4 Å². The van der Waals surface area contributed by atoms with Crippen molar-refractivity contribution in [3.63, 3.8) is 0 Å². The zero-order chi connectivity index (χ0) is 19.3. The van der Waals surface area contributed by atoms with Crippen LogP contribution in [0.4, 0.5) is 0 Å². The SMILES string of the molecule is O=C(O)C1CCC(NCCc2ccc(Oc3nc4ccccc4s3)cc2)CC1. The number of aliphatic carboxylic acids is 1. The van der Waals surface area contributed by atoms with Crippen LogP contribution in [0.3, 0.4) is 0 Å². The summed E-state index contributed by atoms with van der Waals surface area (Å²) < 4.78 is 7.01. The number of carbonyl (C=O) groups is 1. The van der Waals surface area contributed by atoms with Crippen molar-refractivity contribution < 1.29 is 14.6 Å². The molecular weight excluding hydrogens is 372 g/mol. The first-order valence-electron chi connectivity index (χ1n) is 9.76. The van der Waals surface area contributed by atoms with Crippen LogP contribution in [-0.2, 0) is 11.2 Å². The molecule has 0 spiro atoms. The van der Waals surface area contributed by atoms with E-state index >= 15 is 0 Å². The van der Waals surface area contributed by atoms with Gasteiger partial charge in [0.05, 0.1) is 16.1 Å². The highest BCUT2D eigenvalue weighted by molar-refractivity contribution is 7.20. The molecule has 0 atom stereocenters. The Morgan fingerprint density at radius 2 is 1.86 bits per heavy atom. The number of hydrogen-bond acceptors (Lipinski definition) is 5. The molecule has 28 heavy (non-hydrogen) atoms. The maximum atomic E-state index is 11.0. The molecule has 1 aliphatic rings. The Morgan fingerprint density at radius 1 is 1.11 bits per heavy atom. The van der Waals surface area contributed by atoms with Gasteiger partial charge in [-0.2, -0.15) is 0 Å². The van der Waals surface area contributed by atoms with Crippen LogP contribution in [0.1, 0.15) is 31.2 Å². The molecule has 1 saturated carbocycles. The molecule has 6 heteroatoms. The van der Waals surface area contributed by atoms with Gasteiger partial charge in [-0.15, -0.1) is 0 Å². The highest BCUT2D eigenvalue weighted by atomic mass is 32.1. The fourth-order valence-corrected chi connectivity index (χ4v) is 4.52. The number of ether oxygens (including phenoxy) is 1. The van der Waals surface area contributed by atoms with Crippen LogP contribution in [0.25, 0.3) is 10.2 Å². The second kappa shape index (κ2) is 8.71. The number of thiazole rings is 1. The Bertz CT molecular complexity index is 897. The summed E-state index contributed by atoms with van der Waals surface area (Å²) in [6.07, 6.45) is 4.41. The van der Waals surface area contributed by atoms with E-state index in [1.165, 1.54) is 5.56 Å². The molecule has 1 aliphatic carbocycles. The zero-order valence-electron chi connectivity index (χ0n) is 15.6. The molecule has 2 aromatic carbocycles. The third-order valence-electron chi connectivity index (χ3n) is 5.33. The van der Waals surface area contributed by atoms with Gasteiger partial charge in [0, 0.05) is 6.04 Å². The molecule has 1 fully saturated rings. The maximum absolute atomic E-state index is 11.0. The Labute approximate surface area is 168 Å². The number of aromatic nitrogens is 1. The van der Waals surface area contributed by atoms with E-state index in [0.29, 0.717) is 11.2 Å². The number of rotatable bonds is 7. The number of nitrogens with one attached hydrogen (secondary N) is 1. The molecule has 1 heterocycles. The molecule has 0 saturated heterocycles. The maximum Gasteiger partial charge on any atom is 0.306 e. The number of hydrogen-bond donors (Lipinski definition) is 2. The van der Waals surface area contributed by atoms with E-state index in [-0.39, 0.29) is 5.92 Å². The van der Waals surface area contributed by atoms with Crippen molar-refractivity contribution in [2.75, 3.05) is 6.54 Å². The molecule has 2 N–H and O–H groups in total. The third-order valence-corrected chi connectivity index (χ3v) is 6.24. The van der Waals surface area contributed by atoms with Crippen LogP contribution >= 0.6 is 11.3 Å². The minimum atomic E-state index is -0.647. The van der Waals surface area contributed by atoms with Crippen LogP contribution < -0.4 is 10.1 Å². The van der Waals surface area contributed by atoms with Gasteiger partial charge in [0.1, 0.15) is 5.75 Å². The van der Waals surface area contributed by atoms with Crippen LogP contribution in [0, 0.1) is 5.92 Å². The number of para-hydroxylation sites is 1. The van der Waals surface area contributed by atoms with Gasteiger partial charge >= 0.3 is 5.97 Å². The van der Waals surface area contributed by atoms with Crippen molar-refractivity contribution in [1.29, 1.82) is 0 Å². The molecule has 0 amide bonds. The standard InChI is InChI=1S/C22H24N2O3S/c25-21(26)16-7-9-17(10-8-16)23-14-13-15-5-11-18(12-6-15)27-22-24-19-3-1-2-4-20(19)28-22/h1-6,11-12,16-17,23H,7-10,13-14H2,(H,25,26). The topological polar surface area (TPSA) is 71.5 Å². The molecule has 0 unspecified atom stereocenters. The van der Waals surface area contributed by atoms with Crippen molar-refractivity contribution in [3.05, 3.63) is 54.1 Å². The van der Waals surface area contributed by atoms with Gasteiger partial charge in [0.25, 0.3) is 5.19 Å². The van der Waals surface area contributed by atoms with Crippen molar-refractivity contribution in [2.45, 2.75) is 38.1 Å². The van der Waals surface area contributed by atoms with E-state index in [9.17, 15) is 4.79 Å². The van der Waals surface area contributed by atoms with E-state index in [0.717, 1.165) is 54.6 Å². The minimum absolute atomic E-state index is 0.152. The predicted octanol–water partition coefficient (Wildman–Crippen LogP) is 4.86. The largest absolute Gasteiger partial charge is 0.481 e. The number of nitrogens with zero attached hydrogens (tertiary/aromatic N) is 1. The molecule has 4 rings (SSSR count). The quantitative estimate of drug-likeness (QED) is 0.596. The Balaban J connectivity index is 1.24. The average molecular weight is 397 g/mol. The summed E-state index contributed by atoms with van der Waals surface area (Å²) in [5.41, 5.74) is 2.21. The van der Waals surface area contributed by atoms with E-state index in [2.05, 4.69) is 22.4 Å². The van der Waals surface area contributed by atoms with Gasteiger partial charge in [0.2, 0.25) is 0 Å². The Morgan fingerprint density at radius 3 is 2.57 bits per heavy atom. The van der Waals surface area contributed by atoms with Crippen molar-refractivity contribution in [2.24, 2.45) is 5.92 Å². The van der Waals surface area contributed by atoms with Crippen LogP contribution in [0.5, 0.6) is 10.9 Å².